The molecular weight excluding hydrogens is 336 g/mol. The van der Waals surface area contributed by atoms with Gasteiger partial charge in [-0.25, -0.2) is 4.98 Å². The van der Waals surface area contributed by atoms with Crippen LogP contribution in [-0.4, -0.2) is 21.8 Å². The molecule has 27 heavy (non-hydrogen) atoms. The normalized spacial score (nSPS) is 13.1. The van der Waals surface area contributed by atoms with E-state index in [0.29, 0.717) is 12.3 Å². The van der Waals surface area contributed by atoms with Gasteiger partial charge in [-0.3, -0.25) is 4.79 Å². The first kappa shape index (κ1) is 19.3. The fourth-order valence-electron chi connectivity index (χ4n) is 3.18. The lowest BCUT2D eigenvalue weighted by atomic mass is 9.96. The molecule has 3 rings (SSSR count). The van der Waals surface area contributed by atoms with E-state index in [0.717, 1.165) is 22.2 Å². The van der Waals surface area contributed by atoms with Crippen LogP contribution in [0.3, 0.4) is 0 Å². The van der Waals surface area contributed by atoms with Crippen molar-refractivity contribution in [1.29, 1.82) is 0 Å². The van der Waals surface area contributed by atoms with Gasteiger partial charge in [-0.2, -0.15) is 0 Å². The summed E-state index contributed by atoms with van der Waals surface area (Å²) in [6.45, 7) is 10.6. The highest BCUT2D eigenvalue weighted by molar-refractivity contribution is 5.77. The Morgan fingerprint density at radius 2 is 1.70 bits per heavy atom. The average molecular weight is 364 g/mol. The molecular formula is C23H28N2O2. The minimum atomic E-state index is -0.289. The van der Waals surface area contributed by atoms with Gasteiger partial charge in [0.1, 0.15) is 5.69 Å². The van der Waals surface area contributed by atoms with Crippen molar-refractivity contribution < 1.29 is 4.74 Å². The third-order valence-corrected chi connectivity index (χ3v) is 4.93. The SMILES string of the molecule is Cc1cc2nc(C(COC(C)(C)C)c3ccccc3)c(=O)n(C)c2cc1C. The maximum absolute atomic E-state index is 13.2. The van der Waals surface area contributed by atoms with Gasteiger partial charge in [-0.15, -0.1) is 0 Å². The quantitative estimate of drug-likeness (QED) is 0.685. The van der Waals surface area contributed by atoms with Gasteiger partial charge in [-0.1, -0.05) is 30.3 Å². The number of aromatic nitrogens is 2. The molecule has 0 N–H and O–H groups in total. The summed E-state index contributed by atoms with van der Waals surface area (Å²) < 4.78 is 7.77. The van der Waals surface area contributed by atoms with Gasteiger partial charge in [0.25, 0.3) is 5.56 Å². The zero-order valence-corrected chi connectivity index (χ0v) is 17.0. The molecule has 142 valence electrons. The van der Waals surface area contributed by atoms with Crippen molar-refractivity contribution in [1.82, 2.24) is 9.55 Å². The molecule has 1 atom stereocenters. The van der Waals surface area contributed by atoms with Crippen LogP contribution in [0.1, 0.15) is 49.1 Å². The number of hydrogen-bond acceptors (Lipinski definition) is 3. The van der Waals surface area contributed by atoms with Crippen LogP contribution in [0.2, 0.25) is 0 Å². The Hall–Kier alpha value is -2.46. The summed E-state index contributed by atoms with van der Waals surface area (Å²) in [4.78, 5) is 18.0. The molecule has 0 amide bonds. The molecule has 1 aromatic heterocycles. The Morgan fingerprint density at radius 3 is 2.33 bits per heavy atom. The van der Waals surface area contributed by atoms with E-state index in [2.05, 4.69) is 19.9 Å². The summed E-state index contributed by atoms with van der Waals surface area (Å²) in [5, 5.41) is 0. The molecule has 4 nitrogen and oxygen atoms in total. The Labute approximate surface area is 160 Å². The van der Waals surface area contributed by atoms with E-state index < -0.39 is 0 Å². The van der Waals surface area contributed by atoms with Crippen LogP contribution in [0.25, 0.3) is 11.0 Å². The number of hydrogen-bond donors (Lipinski definition) is 0. The second-order valence-electron chi connectivity index (χ2n) is 8.17. The molecule has 0 radical (unpaired) electrons. The lowest BCUT2D eigenvalue weighted by Crippen LogP contribution is -2.30. The maximum Gasteiger partial charge on any atom is 0.273 e. The third-order valence-electron chi connectivity index (χ3n) is 4.93. The van der Waals surface area contributed by atoms with Crippen LogP contribution in [0, 0.1) is 13.8 Å². The third kappa shape index (κ3) is 4.11. The topological polar surface area (TPSA) is 44.1 Å². The van der Waals surface area contributed by atoms with E-state index >= 15 is 0 Å². The molecule has 0 saturated heterocycles. The van der Waals surface area contributed by atoms with Gasteiger partial charge in [0.05, 0.1) is 29.2 Å². The van der Waals surface area contributed by atoms with Gasteiger partial charge in [0.2, 0.25) is 0 Å². The molecule has 3 aromatic rings. The van der Waals surface area contributed by atoms with E-state index in [9.17, 15) is 4.79 Å². The first-order valence-corrected chi connectivity index (χ1v) is 9.34. The van der Waals surface area contributed by atoms with E-state index in [-0.39, 0.29) is 17.1 Å². The molecule has 1 unspecified atom stereocenters. The lowest BCUT2D eigenvalue weighted by molar-refractivity contribution is -0.00716. The van der Waals surface area contributed by atoms with Crippen molar-refractivity contribution in [2.24, 2.45) is 7.05 Å². The van der Waals surface area contributed by atoms with Gasteiger partial charge in [0.15, 0.2) is 0 Å². The zero-order chi connectivity index (χ0) is 19.8. The Morgan fingerprint density at radius 1 is 1.07 bits per heavy atom. The van der Waals surface area contributed by atoms with Crippen molar-refractivity contribution in [2.45, 2.75) is 46.1 Å². The maximum atomic E-state index is 13.2. The van der Waals surface area contributed by atoms with Crippen LogP contribution < -0.4 is 5.56 Å². The second-order valence-corrected chi connectivity index (χ2v) is 8.17. The largest absolute Gasteiger partial charge is 0.375 e. The molecule has 1 heterocycles. The van der Waals surface area contributed by atoms with Crippen molar-refractivity contribution in [2.75, 3.05) is 6.61 Å². The van der Waals surface area contributed by atoms with Gasteiger partial charge in [0, 0.05) is 7.05 Å². The van der Waals surface area contributed by atoms with Crippen molar-refractivity contribution >= 4 is 11.0 Å². The first-order chi connectivity index (χ1) is 12.7. The summed E-state index contributed by atoms with van der Waals surface area (Å²) in [7, 11) is 1.82. The number of ether oxygens (including phenoxy) is 1. The van der Waals surface area contributed by atoms with Crippen LogP contribution in [0.15, 0.2) is 47.3 Å². The van der Waals surface area contributed by atoms with E-state index in [1.54, 1.807) is 4.57 Å². The number of benzene rings is 2. The van der Waals surface area contributed by atoms with Crippen LogP contribution in [-0.2, 0) is 11.8 Å². The van der Waals surface area contributed by atoms with Crippen molar-refractivity contribution in [3.05, 3.63) is 75.2 Å². The average Bonchev–Trinajstić information content (AvgIpc) is 2.61. The molecule has 0 aliphatic heterocycles. The Bertz CT molecular complexity index is 1010. The standard InChI is InChI=1S/C23H28N2O2/c1-15-12-19-20(13-16(15)2)25(6)22(26)21(24-19)18(14-27-23(3,4)5)17-10-8-7-9-11-17/h7-13,18H,14H2,1-6H3. The van der Waals surface area contributed by atoms with E-state index in [4.69, 9.17) is 9.72 Å². The number of rotatable bonds is 4. The summed E-state index contributed by atoms with van der Waals surface area (Å²) in [6.07, 6.45) is 0. The van der Waals surface area contributed by atoms with Gasteiger partial charge in [-0.05, 0) is 63.4 Å². The minimum absolute atomic E-state index is 0.0721. The number of fused-ring (bicyclic) bond motifs is 1. The Kier molecular flexibility index (Phi) is 5.20. The Balaban J connectivity index is 2.19. The molecule has 0 spiro atoms. The zero-order valence-electron chi connectivity index (χ0n) is 17.0. The fourth-order valence-corrected chi connectivity index (χ4v) is 3.18. The minimum Gasteiger partial charge on any atom is -0.375 e. The molecule has 0 saturated carbocycles. The smallest absolute Gasteiger partial charge is 0.273 e. The van der Waals surface area contributed by atoms with Crippen LogP contribution in [0.5, 0.6) is 0 Å². The summed E-state index contributed by atoms with van der Waals surface area (Å²) in [6, 6.07) is 14.1. The number of aryl methyl sites for hydroxylation is 3. The van der Waals surface area contributed by atoms with E-state index in [1.807, 2.05) is 64.2 Å². The van der Waals surface area contributed by atoms with Crippen LogP contribution >= 0.6 is 0 Å². The molecule has 0 fully saturated rings. The highest BCUT2D eigenvalue weighted by atomic mass is 16.5. The second kappa shape index (κ2) is 7.28. The molecule has 2 aromatic carbocycles. The molecule has 0 aliphatic carbocycles. The number of nitrogens with zero attached hydrogens (tertiary/aromatic N) is 2. The van der Waals surface area contributed by atoms with Crippen molar-refractivity contribution in [3.8, 4) is 0 Å². The summed E-state index contributed by atoms with van der Waals surface area (Å²) in [5.74, 6) is -0.213. The highest BCUT2D eigenvalue weighted by Gasteiger charge is 2.24. The predicted molar refractivity (Wildman–Crippen MR) is 110 cm³/mol. The highest BCUT2D eigenvalue weighted by Crippen LogP contribution is 2.25. The molecule has 0 bridgehead atoms. The first-order valence-electron chi connectivity index (χ1n) is 9.34. The summed E-state index contributed by atoms with van der Waals surface area (Å²) in [5.41, 5.74) is 5.23. The molecule has 4 heteroatoms. The lowest BCUT2D eigenvalue weighted by Gasteiger charge is -2.25. The van der Waals surface area contributed by atoms with E-state index in [1.165, 1.54) is 5.56 Å². The monoisotopic (exact) mass is 364 g/mol. The predicted octanol–water partition coefficient (Wildman–Crippen LogP) is 4.50. The fraction of sp³-hybridized carbons (Fsp3) is 0.391. The van der Waals surface area contributed by atoms with Gasteiger partial charge >= 0.3 is 0 Å². The van der Waals surface area contributed by atoms with Crippen LogP contribution in [0.4, 0.5) is 0 Å². The summed E-state index contributed by atoms with van der Waals surface area (Å²) >= 11 is 0. The van der Waals surface area contributed by atoms with Gasteiger partial charge < -0.3 is 9.30 Å². The van der Waals surface area contributed by atoms with Crippen molar-refractivity contribution in [3.63, 3.8) is 0 Å². The molecule has 0 aliphatic rings.